The summed E-state index contributed by atoms with van der Waals surface area (Å²) in [5, 5.41) is 3.23. The maximum atomic E-state index is 5.89. The quantitative estimate of drug-likeness (QED) is 0.719. The van der Waals surface area contributed by atoms with Crippen molar-refractivity contribution in [1.29, 1.82) is 0 Å². The Bertz CT molecular complexity index is 331. The highest BCUT2D eigenvalue weighted by Crippen LogP contribution is 2.29. The molecular formula is C14H24N2S2. The Labute approximate surface area is 119 Å². The molecular weight excluding hydrogens is 260 g/mol. The fraction of sp³-hybridized carbons (Fsp3) is 0.571. The molecule has 1 rings (SSSR count). The lowest BCUT2D eigenvalue weighted by Gasteiger charge is -2.17. The second kappa shape index (κ2) is 8.86. The Morgan fingerprint density at radius 2 is 1.67 bits per heavy atom. The lowest BCUT2D eigenvalue weighted by molar-refractivity contribution is 0.635. The summed E-state index contributed by atoms with van der Waals surface area (Å²) in [5.74, 6) is 2.63. The molecule has 0 radical (unpaired) electrons. The predicted octanol–water partition coefficient (Wildman–Crippen LogP) is 3.17. The van der Waals surface area contributed by atoms with Crippen LogP contribution in [0, 0.1) is 0 Å². The highest BCUT2D eigenvalue weighted by Gasteiger charge is 2.11. The van der Waals surface area contributed by atoms with Crippen molar-refractivity contribution < 1.29 is 0 Å². The van der Waals surface area contributed by atoms with E-state index in [0.29, 0.717) is 12.5 Å². The normalized spacial score (nSPS) is 12.7. The van der Waals surface area contributed by atoms with Crippen LogP contribution in [0.2, 0.25) is 0 Å². The van der Waals surface area contributed by atoms with Gasteiger partial charge in [0.25, 0.3) is 0 Å². The van der Waals surface area contributed by atoms with Gasteiger partial charge in [-0.15, -0.1) is 23.5 Å². The van der Waals surface area contributed by atoms with Crippen molar-refractivity contribution in [1.82, 2.24) is 5.32 Å². The smallest absolute Gasteiger partial charge is 0.00870 e. The fourth-order valence-corrected chi connectivity index (χ4v) is 3.51. The topological polar surface area (TPSA) is 38.0 Å². The van der Waals surface area contributed by atoms with E-state index in [1.807, 2.05) is 30.6 Å². The first-order chi connectivity index (χ1) is 8.74. The van der Waals surface area contributed by atoms with Gasteiger partial charge >= 0.3 is 0 Å². The van der Waals surface area contributed by atoms with Crippen LogP contribution in [0.3, 0.4) is 0 Å². The summed E-state index contributed by atoms with van der Waals surface area (Å²) in [4.78, 5) is 2.72. The second-order valence-corrected chi connectivity index (χ2v) is 6.77. The predicted molar refractivity (Wildman–Crippen MR) is 85.0 cm³/mol. The number of thioether (sulfide) groups is 2. The van der Waals surface area contributed by atoms with E-state index in [2.05, 4.69) is 37.4 Å². The summed E-state index contributed by atoms with van der Waals surface area (Å²) >= 11 is 3.80. The van der Waals surface area contributed by atoms with Crippen LogP contribution in [-0.2, 0) is 0 Å². The molecule has 0 aliphatic heterocycles. The van der Waals surface area contributed by atoms with Crippen molar-refractivity contribution in [2.24, 2.45) is 5.73 Å². The number of hydrogen-bond acceptors (Lipinski definition) is 4. The van der Waals surface area contributed by atoms with E-state index >= 15 is 0 Å². The molecule has 18 heavy (non-hydrogen) atoms. The first-order valence-electron chi connectivity index (χ1n) is 6.50. The minimum atomic E-state index is 0.406. The summed E-state index contributed by atoms with van der Waals surface area (Å²) in [6.07, 6.45) is 0. The fourth-order valence-electron chi connectivity index (χ4n) is 1.91. The molecule has 0 aromatic heterocycles. The molecule has 4 heteroatoms. The molecule has 102 valence electrons. The third kappa shape index (κ3) is 4.84. The van der Waals surface area contributed by atoms with Crippen LogP contribution < -0.4 is 11.1 Å². The SMILES string of the molecule is CCSc1cc(SCC)cc(C(CN)CNC)c1. The molecule has 3 N–H and O–H groups in total. The van der Waals surface area contributed by atoms with E-state index in [4.69, 9.17) is 5.73 Å². The van der Waals surface area contributed by atoms with Gasteiger partial charge in [0.05, 0.1) is 0 Å². The molecule has 2 nitrogen and oxygen atoms in total. The molecule has 0 bridgehead atoms. The largest absolute Gasteiger partial charge is 0.330 e. The number of benzene rings is 1. The van der Waals surface area contributed by atoms with Crippen molar-refractivity contribution in [2.45, 2.75) is 29.6 Å². The molecule has 1 unspecified atom stereocenters. The Morgan fingerprint density at radius 3 is 2.06 bits per heavy atom. The molecule has 1 aromatic carbocycles. The van der Waals surface area contributed by atoms with Gasteiger partial charge < -0.3 is 11.1 Å². The molecule has 0 fully saturated rings. The van der Waals surface area contributed by atoms with Gasteiger partial charge in [-0.05, 0) is 42.3 Å². The van der Waals surface area contributed by atoms with Gasteiger partial charge in [-0.2, -0.15) is 0 Å². The molecule has 0 heterocycles. The van der Waals surface area contributed by atoms with Gasteiger partial charge in [0, 0.05) is 28.8 Å². The number of nitrogens with two attached hydrogens (primary N) is 1. The van der Waals surface area contributed by atoms with E-state index in [9.17, 15) is 0 Å². The zero-order valence-corrected chi connectivity index (χ0v) is 13.2. The highest BCUT2D eigenvalue weighted by atomic mass is 32.2. The number of hydrogen-bond donors (Lipinski definition) is 2. The maximum Gasteiger partial charge on any atom is 0.00870 e. The summed E-state index contributed by atoms with van der Waals surface area (Å²) < 4.78 is 0. The van der Waals surface area contributed by atoms with Crippen molar-refractivity contribution in [3.63, 3.8) is 0 Å². The van der Waals surface area contributed by atoms with Crippen LogP contribution in [0.1, 0.15) is 25.3 Å². The highest BCUT2D eigenvalue weighted by molar-refractivity contribution is 8.00. The Balaban J connectivity index is 2.99. The standard InChI is InChI=1S/C14H24N2S2/c1-4-17-13-6-11(12(9-15)10-16-3)7-14(8-13)18-5-2/h6-8,12,16H,4-5,9-10,15H2,1-3H3. The van der Waals surface area contributed by atoms with E-state index in [1.54, 1.807) is 0 Å². The van der Waals surface area contributed by atoms with Crippen molar-refractivity contribution >= 4 is 23.5 Å². The molecule has 0 saturated carbocycles. The molecule has 1 aromatic rings. The molecule has 0 saturated heterocycles. The van der Waals surface area contributed by atoms with E-state index in [1.165, 1.54) is 15.4 Å². The second-order valence-electron chi connectivity index (χ2n) is 4.09. The van der Waals surface area contributed by atoms with Crippen LogP contribution in [0.4, 0.5) is 0 Å². The van der Waals surface area contributed by atoms with Crippen LogP contribution in [0.5, 0.6) is 0 Å². The summed E-state index contributed by atoms with van der Waals surface area (Å²) in [5.41, 5.74) is 7.25. The molecule has 1 atom stereocenters. The average Bonchev–Trinajstić information content (AvgIpc) is 2.36. The van der Waals surface area contributed by atoms with Gasteiger partial charge in [0.1, 0.15) is 0 Å². The zero-order valence-electron chi connectivity index (χ0n) is 11.5. The minimum absolute atomic E-state index is 0.406. The number of likely N-dealkylation sites (N-methyl/N-ethyl adjacent to an activating group) is 1. The van der Waals surface area contributed by atoms with Gasteiger partial charge in [0.2, 0.25) is 0 Å². The van der Waals surface area contributed by atoms with Crippen LogP contribution in [-0.4, -0.2) is 31.6 Å². The zero-order chi connectivity index (χ0) is 13.4. The summed E-state index contributed by atoms with van der Waals surface area (Å²) in [7, 11) is 1.98. The van der Waals surface area contributed by atoms with Crippen molar-refractivity contribution in [2.75, 3.05) is 31.6 Å². The molecule has 0 aliphatic rings. The van der Waals surface area contributed by atoms with E-state index in [-0.39, 0.29) is 0 Å². The van der Waals surface area contributed by atoms with Crippen molar-refractivity contribution in [3.8, 4) is 0 Å². The Hall–Kier alpha value is -0.160. The van der Waals surface area contributed by atoms with Crippen LogP contribution in [0.15, 0.2) is 28.0 Å². The molecule has 0 aliphatic carbocycles. The molecule has 0 amide bonds. The lowest BCUT2D eigenvalue weighted by Crippen LogP contribution is -2.24. The summed E-state index contributed by atoms with van der Waals surface area (Å²) in [6.45, 7) is 6.01. The first-order valence-corrected chi connectivity index (χ1v) is 8.47. The Morgan fingerprint density at radius 1 is 1.11 bits per heavy atom. The van der Waals surface area contributed by atoms with E-state index in [0.717, 1.165) is 18.1 Å². The minimum Gasteiger partial charge on any atom is -0.330 e. The number of nitrogens with one attached hydrogen (secondary N) is 1. The number of rotatable bonds is 8. The van der Waals surface area contributed by atoms with Crippen LogP contribution >= 0.6 is 23.5 Å². The first kappa shape index (κ1) is 15.9. The Kier molecular flexibility index (Phi) is 7.82. The average molecular weight is 284 g/mol. The molecule has 0 spiro atoms. The third-order valence-corrected chi connectivity index (χ3v) is 4.45. The van der Waals surface area contributed by atoms with Gasteiger partial charge in [-0.25, -0.2) is 0 Å². The maximum absolute atomic E-state index is 5.89. The van der Waals surface area contributed by atoms with Gasteiger partial charge in [-0.1, -0.05) is 13.8 Å². The lowest BCUT2D eigenvalue weighted by atomic mass is 9.99. The van der Waals surface area contributed by atoms with Crippen LogP contribution in [0.25, 0.3) is 0 Å². The van der Waals surface area contributed by atoms with Gasteiger partial charge in [0.15, 0.2) is 0 Å². The monoisotopic (exact) mass is 284 g/mol. The van der Waals surface area contributed by atoms with Gasteiger partial charge in [-0.3, -0.25) is 0 Å². The third-order valence-electron chi connectivity index (χ3n) is 2.73. The summed E-state index contributed by atoms with van der Waals surface area (Å²) in [6, 6.07) is 6.88. The van der Waals surface area contributed by atoms with E-state index < -0.39 is 0 Å². The van der Waals surface area contributed by atoms with Crippen molar-refractivity contribution in [3.05, 3.63) is 23.8 Å².